The second-order valence-electron chi connectivity index (χ2n) is 5.32. The zero-order chi connectivity index (χ0) is 18.7. The molecular formula is C18H13Cl2N3O2S. The number of thiophene rings is 1. The highest BCUT2D eigenvalue weighted by Crippen LogP contribution is 2.31. The third-order valence-corrected chi connectivity index (χ3v) is 4.96. The molecule has 4 N–H and O–H groups in total. The van der Waals surface area contributed by atoms with Gasteiger partial charge in [-0.1, -0.05) is 35.3 Å². The van der Waals surface area contributed by atoms with Crippen molar-refractivity contribution in [2.24, 2.45) is 0 Å². The summed E-state index contributed by atoms with van der Waals surface area (Å²) in [7, 11) is 0. The summed E-state index contributed by atoms with van der Waals surface area (Å²) in [5.41, 5.74) is 7.25. The van der Waals surface area contributed by atoms with Crippen LogP contribution >= 0.6 is 34.5 Å². The minimum atomic E-state index is -0.367. The first-order valence-corrected chi connectivity index (χ1v) is 9.08. The maximum atomic E-state index is 12.4. The lowest BCUT2D eigenvalue weighted by Crippen LogP contribution is -2.14. The van der Waals surface area contributed by atoms with Crippen molar-refractivity contribution in [1.29, 1.82) is 0 Å². The lowest BCUT2D eigenvalue weighted by molar-refractivity contribution is 0.101. The molecule has 0 aliphatic carbocycles. The number of anilines is 3. The van der Waals surface area contributed by atoms with Gasteiger partial charge in [0.05, 0.1) is 20.6 Å². The number of rotatable bonds is 4. The number of halogens is 2. The predicted octanol–water partition coefficient (Wildman–Crippen LogP) is 5.14. The van der Waals surface area contributed by atoms with Crippen LogP contribution in [-0.2, 0) is 0 Å². The Bertz CT molecular complexity index is 951. The van der Waals surface area contributed by atoms with Gasteiger partial charge in [0, 0.05) is 16.9 Å². The van der Waals surface area contributed by atoms with E-state index in [1.54, 1.807) is 36.4 Å². The number of nitrogen functional groups attached to an aromatic ring is 1. The van der Waals surface area contributed by atoms with E-state index in [2.05, 4.69) is 10.6 Å². The monoisotopic (exact) mass is 405 g/mol. The van der Waals surface area contributed by atoms with Gasteiger partial charge in [-0.25, -0.2) is 0 Å². The van der Waals surface area contributed by atoms with Crippen molar-refractivity contribution in [1.82, 2.24) is 0 Å². The molecule has 0 spiro atoms. The highest BCUT2D eigenvalue weighted by molar-refractivity contribution is 7.12. The number of carbonyl (C=O) groups excluding carboxylic acids is 2. The minimum Gasteiger partial charge on any atom is -0.396 e. The summed E-state index contributed by atoms with van der Waals surface area (Å²) >= 11 is 13.3. The molecule has 132 valence electrons. The van der Waals surface area contributed by atoms with E-state index >= 15 is 0 Å². The van der Waals surface area contributed by atoms with E-state index in [0.717, 1.165) is 0 Å². The van der Waals surface area contributed by atoms with E-state index in [1.165, 1.54) is 23.5 Å². The zero-order valence-corrected chi connectivity index (χ0v) is 15.6. The van der Waals surface area contributed by atoms with Crippen LogP contribution in [0.5, 0.6) is 0 Å². The molecular weight excluding hydrogens is 393 g/mol. The molecule has 0 saturated heterocycles. The van der Waals surface area contributed by atoms with Crippen LogP contribution in [0, 0.1) is 0 Å². The zero-order valence-electron chi connectivity index (χ0n) is 13.3. The van der Waals surface area contributed by atoms with Crippen LogP contribution < -0.4 is 16.4 Å². The minimum absolute atomic E-state index is 0.227. The number of amides is 2. The number of nitrogens with two attached hydrogens (primary N) is 1. The van der Waals surface area contributed by atoms with Crippen LogP contribution in [0.4, 0.5) is 17.1 Å². The summed E-state index contributed by atoms with van der Waals surface area (Å²) in [6.07, 6.45) is 0. The highest BCUT2D eigenvalue weighted by Gasteiger charge is 2.12. The largest absolute Gasteiger partial charge is 0.396 e. The molecule has 26 heavy (non-hydrogen) atoms. The first kappa shape index (κ1) is 18.3. The Morgan fingerprint density at radius 3 is 2.23 bits per heavy atom. The predicted molar refractivity (Wildman–Crippen MR) is 108 cm³/mol. The van der Waals surface area contributed by atoms with Gasteiger partial charge in [-0.2, -0.15) is 0 Å². The quantitative estimate of drug-likeness (QED) is 0.525. The molecule has 0 aliphatic rings. The van der Waals surface area contributed by atoms with Crippen molar-refractivity contribution in [3.63, 3.8) is 0 Å². The van der Waals surface area contributed by atoms with Crippen molar-refractivity contribution in [2.75, 3.05) is 16.4 Å². The molecule has 0 saturated carbocycles. The van der Waals surface area contributed by atoms with E-state index < -0.39 is 0 Å². The van der Waals surface area contributed by atoms with E-state index in [9.17, 15) is 9.59 Å². The molecule has 1 heterocycles. The molecule has 0 fully saturated rings. The van der Waals surface area contributed by atoms with Crippen LogP contribution in [0.2, 0.25) is 10.0 Å². The van der Waals surface area contributed by atoms with Crippen molar-refractivity contribution < 1.29 is 9.59 Å². The summed E-state index contributed by atoms with van der Waals surface area (Å²) in [6, 6.07) is 13.2. The maximum absolute atomic E-state index is 12.4. The Morgan fingerprint density at radius 2 is 1.58 bits per heavy atom. The van der Waals surface area contributed by atoms with E-state index in [-0.39, 0.29) is 27.5 Å². The summed E-state index contributed by atoms with van der Waals surface area (Å²) in [5.74, 6) is -0.594. The SMILES string of the molecule is Nc1c(Cl)cc(NC(=O)c2cccc(NC(=O)c3cccs3)c2)cc1Cl. The lowest BCUT2D eigenvalue weighted by Gasteiger charge is -2.10. The van der Waals surface area contributed by atoms with E-state index in [1.807, 2.05) is 5.38 Å². The Hall–Kier alpha value is -2.54. The topological polar surface area (TPSA) is 84.2 Å². The Labute approximate surface area is 163 Å². The second kappa shape index (κ2) is 7.78. The Morgan fingerprint density at radius 1 is 0.885 bits per heavy atom. The molecule has 0 bridgehead atoms. The number of hydrogen-bond acceptors (Lipinski definition) is 4. The van der Waals surface area contributed by atoms with Crippen molar-refractivity contribution >= 4 is 63.4 Å². The normalized spacial score (nSPS) is 10.4. The molecule has 3 rings (SSSR count). The van der Waals surface area contributed by atoms with Crippen LogP contribution in [-0.4, -0.2) is 11.8 Å². The van der Waals surface area contributed by atoms with Crippen molar-refractivity contribution in [3.05, 3.63) is 74.4 Å². The summed E-state index contributed by atoms with van der Waals surface area (Å²) in [6.45, 7) is 0. The second-order valence-corrected chi connectivity index (χ2v) is 7.08. The van der Waals surface area contributed by atoms with Gasteiger partial charge in [0.1, 0.15) is 0 Å². The molecule has 3 aromatic rings. The molecule has 0 aliphatic heterocycles. The van der Waals surface area contributed by atoms with Gasteiger partial charge >= 0.3 is 0 Å². The first-order valence-electron chi connectivity index (χ1n) is 7.45. The van der Waals surface area contributed by atoms with Gasteiger partial charge in [0.2, 0.25) is 0 Å². The van der Waals surface area contributed by atoms with Gasteiger partial charge in [-0.3, -0.25) is 9.59 Å². The summed E-state index contributed by atoms with van der Waals surface area (Å²) in [5, 5.41) is 7.79. The maximum Gasteiger partial charge on any atom is 0.265 e. The average molecular weight is 406 g/mol. The van der Waals surface area contributed by atoms with Crippen molar-refractivity contribution in [2.45, 2.75) is 0 Å². The van der Waals surface area contributed by atoms with E-state index in [4.69, 9.17) is 28.9 Å². The van der Waals surface area contributed by atoms with Gasteiger partial charge in [0.25, 0.3) is 11.8 Å². The molecule has 0 unspecified atom stereocenters. The third-order valence-electron chi connectivity index (χ3n) is 3.46. The van der Waals surface area contributed by atoms with Crippen LogP contribution in [0.3, 0.4) is 0 Å². The smallest absolute Gasteiger partial charge is 0.265 e. The van der Waals surface area contributed by atoms with Crippen LogP contribution in [0.15, 0.2) is 53.9 Å². The lowest BCUT2D eigenvalue weighted by atomic mass is 10.1. The fraction of sp³-hybridized carbons (Fsp3) is 0. The fourth-order valence-corrected chi connectivity index (χ4v) is 3.30. The molecule has 5 nitrogen and oxygen atoms in total. The van der Waals surface area contributed by atoms with Crippen LogP contribution in [0.1, 0.15) is 20.0 Å². The number of carbonyl (C=O) groups is 2. The Kier molecular flexibility index (Phi) is 5.46. The Balaban J connectivity index is 1.75. The standard InChI is InChI=1S/C18H13Cl2N3O2S/c19-13-8-12(9-14(20)16(13)21)23-17(24)10-3-1-4-11(7-10)22-18(25)15-5-2-6-26-15/h1-9H,21H2,(H,22,25)(H,23,24). The number of hydrogen-bond donors (Lipinski definition) is 3. The van der Waals surface area contributed by atoms with Crippen LogP contribution in [0.25, 0.3) is 0 Å². The first-order chi connectivity index (χ1) is 12.4. The average Bonchev–Trinajstić information content (AvgIpc) is 3.14. The molecule has 8 heteroatoms. The van der Waals surface area contributed by atoms with Gasteiger partial charge in [-0.05, 0) is 41.8 Å². The van der Waals surface area contributed by atoms with Gasteiger partial charge in [-0.15, -0.1) is 11.3 Å². The van der Waals surface area contributed by atoms with Gasteiger partial charge < -0.3 is 16.4 Å². The van der Waals surface area contributed by atoms with Crippen molar-refractivity contribution in [3.8, 4) is 0 Å². The molecule has 0 radical (unpaired) electrons. The third kappa shape index (κ3) is 4.16. The highest BCUT2D eigenvalue weighted by atomic mass is 35.5. The van der Waals surface area contributed by atoms with E-state index in [0.29, 0.717) is 21.8 Å². The molecule has 1 aromatic heterocycles. The fourth-order valence-electron chi connectivity index (χ4n) is 2.20. The summed E-state index contributed by atoms with van der Waals surface area (Å²) in [4.78, 5) is 25.1. The number of nitrogens with one attached hydrogen (secondary N) is 2. The molecule has 0 atom stereocenters. The number of benzene rings is 2. The van der Waals surface area contributed by atoms with Gasteiger partial charge in [0.15, 0.2) is 0 Å². The summed E-state index contributed by atoms with van der Waals surface area (Å²) < 4.78 is 0. The molecule has 2 amide bonds. The molecule has 2 aromatic carbocycles.